The molecule has 0 aliphatic carbocycles. The molecule has 1 fully saturated rings. The van der Waals surface area contributed by atoms with Crippen molar-refractivity contribution in [2.75, 3.05) is 13.1 Å². The SMILES string of the molecule is CC/C=C(/C)C(=O)N1CC(O)C1. The standard InChI is InChI=1S/C9H15NO2/c1-3-4-7(2)9(12)10-5-8(11)6-10/h4,8,11H,3,5-6H2,1-2H3/b7-4-. The molecule has 3 nitrogen and oxygen atoms in total. The van der Waals surface area contributed by atoms with E-state index in [1.165, 1.54) is 0 Å². The van der Waals surface area contributed by atoms with Crippen LogP contribution in [0.3, 0.4) is 0 Å². The van der Waals surface area contributed by atoms with Crippen molar-refractivity contribution in [3.05, 3.63) is 11.6 Å². The summed E-state index contributed by atoms with van der Waals surface area (Å²) in [5.74, 6) is 0.0575. The van der Waals surface area contributed by atoms with Gasteiger partial charge in [0.15, 0.2) is 0 Å². The molecule has 0 saturated carbocycles. The van der Waals surface area contributed by atoms with Crippen LogP contribution in [-0.4, -0.2) is 35.1 Å². The number of hydrogen-bond donors (Lipinski definition) is 1. The van der Waals surface area contributed by atoms with Gasteiger partial charge in [-0.2, -0.15) is 0 Å². The van der Waals surface area contributed by atoms with E-state index >= 15 is 0 Å². The van der Waals surface area contributed by atoms with Gasteiger partial charge in [-0.15, -0.1) is 0 Å². The Morgan fingerprint density at radius 2 is 2.25 bits per heavy atom. The number of rotatable bonds is 2. The third-order valence-electron chi connectivity index (χ3n) is 2.00. The largest absolute Gasteiger partial charge is 0.389 e. The predicted molar refractivity (Wildman–Crippen MR) is 46.6 cm³/mol. The average molecular weight is 169 g/mol. The highest BCUT2D eigenvalue weighted by Crippen LogP contribution is 2.11. The van der Waals surface area contributed by atoms with Gasteiger partial charge in [0.25, 0.3) is 0 Å². The van der Waals surface area contributed by atoms with Crippen LogP contribution >= 0.6 is 0 Å². The second kappa shape index (κ2) is 3.72. The highest BCUT2D eigenvalue weighted by atomic mass is 16.3. The molecule has 12 heavy (non-hydrogen) atoms. The molecule has 0 aromatic carbocycles. The highest BCUT2D eigenvalue weighted by molar-refractivity contribution is 5.93. The summed E-state index contributed by atoms with van der Waals surface area (Å²) in [6.07, 6.45) is 2.49. The molecule has 0 aromatic rings. The van der Waals surface area contributed by atoms with E-state index in [9.17, 15) is 4.79 Å². The first-order valence-electron chi connectivity index (χ1n) is 4.29. The summed E-state index contributed by atoms with van der Waals surface area (Å²) in [6, 6.07) is 0. The van der Waals surface area contributed by atoms with Gasteiger partial charge in [0.1, 0.15) is 0 Å². The summed E-state index contributed by atoms with van der Waals surface area (Å²) in [7, 11) is 0. The molecule has 1 N–H and O–H groups in total. The van der Waals surface area contributed by atoms with Gasteiger partial charge >= 0.3 is 0 Å². The molecular formula is C9H15NO2. The fourth-order valence-corrected chi connectivity index (χ4v) is 1.26. The molecule has 0 unspecified atom stereocenters. The van der Waals surface area contributed by atoms with Crippen molar-refractivity contribution >= 4 is 5.91 Å². The molecule has 0 atom stereocenters. The summed E-state index contributed by atoms with van der Waals surface area (Å²) in [4.78, 5) is 13.1. The van der Waals surface area contributed by atoms with Crippen LogP contribution in [0.2, 0.25) is 0 Å². The molecular weight excluding hydrogens is 154 g/mol. The zero-order valence-corrected chi connectivity index (χ0v) is 7.58. The quantitative estimate of drug-likeness (QED) is 0.613. The van der Waals surface area contributed by atoms with Gasteiger partial charge in [0.05, 0.1) is 6.10 Å². The summed E-state index contributed by atoms with van der Waals surface area (Å²) < 4.78 is 0. The predicted octanol–water partition coefficient (Wildman–Crippen LogP) is 0.546. The van der Waals surface area contributed by atoms with Gasteiger partial charge in [0.2, 0.25) is 5.91 Å². The van der Waals surface area contributed by atoms with E-state index < -0.39 is 0 Å². The van der Waals surface area contributed by atoms with Crippen LogP contribution in [0.15, 0.2) is 11.6 Å². The summed E-state index contributed by atoms with van der Waals surface area (Å²) in [5.41, 5.74) is 0.782. The van der Waals surface area contributed by atoms with Crippen LogP contribution < -0.4 is 0 Å². The average Bonchev–Trinajstić information content (AvgIpc) is 1.98. The summed E-state index contributed by atoms with van der Waals surface area (Å²) >= 11 is 0. The minimum atomic E-state index is -0.302. The lowest BCUT2D eigenvalue weighted by atomic mass is 10.1. The van der Waals surface area contributed by atoms with Crippen molar-refractivity contribution in [1.82, 2.24) is 4.90 Å². The number of carbonyl (C=O) groups is 1. The summed E-state index contributed by atoms with van der Waals surface area (Å²) in [5, 5.41) is 8.97. The van der Waals surface area contributed by atoms with Gasteiger partial charge in [-0.3, -0.25) is 4.79 Å². The van der Waals surface area contributed by atoms with E-state index in [1.54, 1.807) is 4.90 Å². The molecule has 1 heterocycles. The number of hydrogen-bond acceptors (Lipinski definition) is 2. The first-order valence-corrected chi connectivity index (χ1v) is 4.29. The third-order valence-corrected chi connectivity index (χ3v) is 2.00. The Labute approximate surface area is 72.7 Å². The van der Waals surface area contributed by atoms with Crippen LogP contribution in [-0.2, 0) is 4.79 Å². The number of allylic oxidation sites excluding steroid dienone is 1. The maximum absolute atomic E-state index is 11.4. The van der Waals surface area contributed by atoms with Gasteiger partial charge in [-0.1, -0.05) is 13.0 Å². The third kappa shape index (κ3) is 1.85. The van der Waals surface area contributed by atoms with Crippen LogP contribution in [0.25, 0.3) is 0 Å². The molecule has 0 spiro atoms. The Kier molecular flexibility index (Phi) is 2.87. The first-order chi connectivity index (χ1) is 5.65. The van der Waals surface area contributed by atoms with Crippen LogP contribution in [0.4, 0.5) is 0 Å². The van der Waals surface area contributed by atoms with Crippen molar-refractivity contribution in [2.45, 2.75) is 26.4 Å². The fraction of sp³-hybridized carbons (Fsp3) is 0.667. The maximum atomic E-state index is 11.4. The topological polar surface area (TPSA) is 40.5 Å². The number of β-amino-alcohol motifs (C(OH)–C–C–N with tert-alkyl or cyclic N) is 1. The molecule has 0 aromatic heterocycles. The number of likely N-dealkylation sites (tertiary alicyclic amines) is 1. The zero-order chi connectivity index (χ0) is 9.14. The smallest absolute Gasteiger partial charge is 0.249 e. The van der Waals surface area contributed by atoms with E-state index in [2.05, 4.69) is 0 Å². The van der Waals surface area contributed by atoms with Crippen molar-refractivity contribution in [1.29, 1.82) is 0 Å². The molecule has 1 saturated heterocycles. The lowest BCUT2D eigenvalue weighted by molar-refractivity contribution is -0.136. The van der Waals surface area contributed by atoms with Crippen molar-refractivity contribution < 1.29 is 9.90 Å². The minimum absolute atomic E-state index is 0.0575. The van der Waals surface area contributed by atoms with E-state index in [0.717, 1.165) is 12.0 Å². The minimum Gasteiger partial charge on any atom is -0.389 e. The Morgan fingerprint density at radius 3 is 2.67 bits per heavy atom. The number of nitrogens with zero attached hydrogens (tertiary/aromatic N) is 1. The first kappa shape index (κ1) is 9.26. The number of amides is 1. The summed E-state index contributed by atoms with van der Waals surface area (Å²) in [6.45, 7) is 4.81. The van der Waals surface area contributed by atoms with Gasteiger partial charge in [-0.25, -0.2) is 0 Å². The van der Waals surface area contributed by atoms with Gasteiger partial charge < -0.3 is 10.0 Å². The molecule has 1 aliphatic heterocycles. The van der Waals surface area contributed by atoms with Crippen LogP contribution in [0, 0.1) is 0 Å². The lowest BCUT2D eigenvalue weighted by Gasteiger charge is -2.36. The molecule has 0 bridgehead atoms. The normalized spacial score (nSPS) is 19.2. The van der Waals surface area contributed by atoms with E-state index in [4.69, 9.17) is 5.11 Å². The molecule has 0 radical (unpaired) electrons. The maximum Gasteiger partial charge on any atom is 0.249 e. The van der Waals surface area contributed by atoms with Crippen molar-refractivity contribution in [2.24, 2.45) is 0 Å². The number of aliphatic hydroxyl groups is 1. The number of aliphatic hydroxyl groups excluding tert-OH is 1. The van der Waals surface area contributed by atoms with Gasteiger partial charge in [-0.05, 0) is 13.3 Å². The molecule has 68 valence electrons. The Bertz CT molecular complexity index is 205. The van der Waals surface area contributed by atoms with Crippen molar-refractivity contribution in [3.63, 3.8) is 0 Å². The second-order valence-electron chi connectivity index (χ2n) is 3.16. The second-order valence-corrected chi connectivity index (χ2v) is 3.16. The van der Waals surface area contributed by atoms with E-state index in [1.807, 2.05) is 19.9 Å². The Hall–Kier alpha value is -0.830. The number of carbonyl (C=O) groups excluding carboxylic acids is 1. The van der Waals surface area contributed by atoms with Crippen LogP contribution in [0.5, 0.6) is 0 Å². The fourth-order valence-electron chi connectivity index (χ4n) is 1.26. The van der Waals surface area contributed by atoms with Gasteiger partial charge in [0, 0.05) is 18.7 Å². The zero-order valence-electron chi connectivity index (χ0n) is 7.58. The molecule has 1 amide bonds. The van der Waals surface area contributed by atoms with Crippen molar-refractivity contribution in [3.8, 4) is 0 Å². The van der Waals surface area contributed by atoms with E-state index in [0.29, 0.717) is 13.1 Å². The Morgan fingerprint density at radius 1 is 1.67 bits per heavy atom. The lowest BCUT2D eigenvalue weighted by Crippen LogP contribution is -2.53. The molecule has 1 rings (SSSR count). The monoisotopic (exact) mass is 169 g/mol. The highest BCUT2D eigenvalue weighted by Gasteiger charge is 2.28. The van der Waals surface area contributed by atoms with E-state index in [-0.39, 0.29) is 12.0 Å². The Balaban J connectivity index is 2.43. The molecule has 3 heteroatoms. The van der Waals surface area contributed by atoms with Crippen LogP contribution in [0.1, 0.15) is 20.3 Å². The molecule has 1 aliphatic rings.